The Labute approximate surface area is 87.9 Å². The van der Waals surface area contributed by atoms with E-state index in [0.717, 1.165) is 4.31 Å². The summed E-state index contributed by atoms with van der Waals surface area (Å²) in [6, 6.07) is -0.682. The van der Waals surface area contributed by atoms with Gasteiger partial charge in [0.15, 0.2) is 5.03 Å². The topological polar surface area (TPSA) is 116 Å². The van der Waals surface area contributed by atoms with E-state index in [4.69, 9.17) is 11.1 Å². The van der Waals surface area contributed by atoms with Crippen LogP contribution in [-0.2, 0) is 10.0 Å². The molecule has 0 saturated heterocycles. The summed E-state index contributed by atoms with van der Waals surface area (Å²) in [5.74, 6) is -0.208. The molecule has 8 heteroatoms. The highest BCUT2D eigenvalue weighted by Gasteiger charge is 2.27. The maximum Gasteiger partial charge on any atom is 0.260 e. The van der Waals surface area contributed by atoms with Crippen molar-refractivity contribution in [3.63, 3.8) is 0 Å². The average Bonchev–Trinajstić information content (AvgIpc) is 2.68. The van der Waals surface area contributed by atoms with Crippen molar-refractivity contribution in [2.24, 2.45) is 5.73 Å². The lowest BCUT2D eigenvalue weighted by Gasteiger charge is -2.21. The Morgan fingerprint density at radius 3 is 2.73 bits per heavy atom. The first-order valence-corrected chi connectivity index (χ1v) is 5.61. The summed E-state index contributed by atoms with van der Waals surface area (Å²) in [5, 5.41) is 7.17. The number of aromatic amines is 1. The van der Waals surface area contributed by atoms with Crippen molar-refractivity contribution in [1.29, 1.82) is 5.41 Å². The highest BCUT2D eigenvalue weighted by molar-refractivity contribution is 7.89. The molecule has 1 atom stereocenters. The molecule has 0 spiro atoms. The number of nitrogens with zero attached hydrogens (tertiary/aromatic N) is 2. The number of hydrogen-bond acceptors (Lipinski definition) is 4. The molecule has 15 heavy (non-hydrogen) atoms. The Morgan fingerprint density at radius 1 is 1.73 bits per heavy atom. The molecule has 0 bridgehead atoms. The zero-order valence-electron chi connectivity index (χ0n) is 8.43. The van der Waals surface area contributed by atoms with Gasteiger partial charge >= 0.3 is 0 Å². The van der Waals surface area contributed by atoms with E-state index in [1.807, 2.05) is 0 Å². The molecule has 84 valence electrons. The molecule has 1 aromatic heterocycles. The number of H-pyrrole nitrogens is 1. The largest absolute Gasteiger partial charge is 0.386 e. The average molecular weight is 231 g/mol. The summed E-state index contributed by atoms with van der Waals surface area (Å²) < 4.78 is 24.7. The number of rotatable bonds is 4. The minimum absolute atomic E-state index is 0.0156. The third-order valence-electron chi connectivity index (χ3n) is 2.13. The van der Waals surface area contributed by atoms with E-state index in [0.29, 0.717) is 0 Å². The number of nitrogens with one attached hydrogen (secondary N) is 2. The molecule has 0 aliphatic carbocycles. The fourth-order valence-electron chi connectivity index (χ4n) is 0.943. The quantitative estimate of drug-likeness (QED) is 0.472. The summed E-state index contributed by atoms with van der Waals surface area (Å²) >= 11 is 0. The van der Waals surface area contributed by atoms with Gasteiger partial charge in [-0.15, -0.1) is 0 Å². The number of nitrogens with two attached hydrogens (primary N) is 1. The summed E-state index contributed by atoms with van der Waals surface area (Å²) in [5.41, 5.74) is 5.24. The van der Waals surface area contributed by atoms with Crippen LogP contribution in [0, 0.1) is 5.41 Å². The Kier molecular flexibility index (Phi) is 3.10. The monoisotopic (exact) mass is 231 g/mol. The fraction of sp³-hybridized carbons (Fsp3) is 0.429. The van der Waals surface area contributed by atoms with Crippen LogP contribution < -0.4 is 5.73 Å². The zero-order valence-corrected chi connectivity index (χ0v) is 9.25. The van der Waals surface area contributed by atoms with Crippen LogP contribution in [0.4, 0.5) is 0 Å². The third-order valence-corrected chi connectivity index (χ3v) is 3.98. The van der Waals surface area contributed by atoms with E-state index in [9.17, 15) is 8.42 Å². The number of imidazole rings is 1. The third kappa shape index (κ3) is 2.16. The van der Waals surface area contributed by atoms with Gasteiger partial charge in [-0.05, 0) is 6.92 Å². The predicted octanol–water partition coefficient (Wildman–Crippen LogP) is -0.645. The van der Waals surface area contributed by atoms with Crippen LogP contribution >= 0.6 is 0 Å². The van der Waals surface area contributed by atoms with Crippen molar-refractivity contribution in [2.75, 3.05) is 7.05 Å². The first kappa shape index (κ1) is 11.7. The number of amidine groups is 1. The lowest BCUT2D eigenvalue weighted by atomic mass is 10.3. The Hall–Kier alpha value is -1.41. The molecule has 1 heterocycles. The number of hydrogen-bond donors (Lipinski definition) is 3. The fourth-order valence-corrected chi connectivity index (χ4v) is 2.18. The summed E-state index contributed by atoms with van der Waals surface area (Å²) in [6.45, 7) is 1.54. The second kappa shape index (κ2) is 3.99. The molecule has 7 nitrogen and oxygen atoms in total. The van der Waals surface area contributed by atoms with Crippen LogP contribution in [0.2, 0.25) is 0 Å². The maximum absolute atomic E-state index is 11.8. The van der Waals surface area contributed by atoms with Crippen LogP contribution in [0.1, 0.15) is 6.92 Å². The van der Waals surface area contributed by atoms with Gasteiger partial charge in [0.05, 0.1) is 18.6 Å². The SMILES string of the molecule is CC(C(=N)N)N(C)S(=O)(=O)c1cnc[nH]1. The first-order chi connectivity index (χ1) is 6.87. The molecule has 0 aliphatic heterocycles. The van der Waals surface area contributed by atoms with Crippen molar-refractivity contribution in [3.05, 3.63) is 12.5 Å². The van der Waals surface area contributed by atoms with Gasteiger partial charge in [-0.3, -0.25) is 5.41 Å². The van der Waals surface area contributed by atoms with E-state index in [1.54, 1.807) is 0 Å². The first-order valence-electron chi connectivity index (χ1n) is 4.17. The maximum atomic E-state index is 11.8. The van der Waals surface area contributed by atoms with Crippen LogP contribution in [0.5, 0.6) is 0 Å². The van der Waals surface area contributed by atoms with Gasteiger partial charge in [-0.1, -0.05) is 0 Å². The molecule has 0 saturated carbocycles. The molecule has 0 radical (unpaired) electrons. The smallest absolute Gasteiger partial charge is 0.260 e. The number of likely N-dealkylation sites (N-methyl/N-ethyl adjacent to an activating group) is 1. The molecule has 0 aromatic carbocycles. The predicted molar refractivity (Wildman–Crippen MR) is 54.9 cm³/mol. The standard InChI is InChI=1S/C7H13N5O2S/c1-5(7(8)9)12(2)15(13,14)6-3-10-4-11-6/h3-5H,1-2H3,(H3,8,9)(H,10,11). The van der Waals surface area contributed by atoms with Crippen LogP contribution in [0.3, 0.4) is 0 Å². The Balaban J connectivity index is 3.03. The lowest BCUT2D eigenvalue weighted by molar-refractivity contribution is 0.446. The van der Waals surface area contributed by atoms with Gasteiger partial charge in [0, 0.05) is 7.05 Å². The second-order valence-corrected chi connectivity index (χ2v) is 5.03. The summed E-state index contributed by atoms with van der Waals surface area (Å²) in [7, 11) is -2.28. The van der Waals surface area contributed by atoms with Crippen LogP contribution in [0.15, 0.2) is 17.6 Å². The van der Waals surface area contributed by atoms with E-state index in [2.05, 4.69) is 9.97 Å². The van der Waals surface area contributed by atoms with Crippen molar-refractivity contribution in [3.8, 4) is 0 Å². The highest BCUT2D eigenvalue weighted by atomic mass is 32.2. The van der Waals surface area contributed by atoms with Crippen LogP contribution in [-0.4, -0.2) is 41.6 Å². The zero-order chi connectivity index (χ0) is 11.6. The molecule has 0 amide bonds. The summed E-state index contributed by atoms with van der Waals surface area (Å²) in [4.78, 5) is 6.13. The van der Waals surface area contributed by atoms with Gasteiger partial charge in [0.1, 0.15) is 5.84 Å². The Bertz CT molecular complexity index is 438. The molecule has 0 fully saturated rings. The van der Waals surface area contributed by atoms with Gasteiger partial charge < -0.3 is 10.7 Å². The number of sulfonamides is 1. The van der Waals surface area contributed by atoms with Gasteiger partial charge in [-0.2, -0.15) is 4.31 Å². The van der Waals surface area contributed by atoms with Gasteiger partial charge in [0.2, 0.25) is 0 Å². The summed E-state index contributed by atoms with van der Waals surface area (Å²) in [6.07, 6.45) is 2.48. The molecular formula is C7H13N5O2S. The van der Waals surface area contributed by atoms with E-state index in [-0.39, 0.29) is 10.9 Å². The minimum atomic E-state index is -3.65. The molecular weight excluding hydrogens is 218 g/mol. The van der Waals surface area contributed by atoms with E-state index >= 15 is 0 Å². The van der Waals surface area contributed by atoms with Gasteiger partial charge in [-0.25, -0.2) is 13.4 Å². The molecule has 1 aromatic rings. The highest BCUT2D eigenvalue weighted by Crippen LogP contribution is 2.12. The lowest BCUT2D eigenvalue weighted by Crippen LogP contribution is -2.43. The second-order valence-electron chi connectivity index (χ2n) is 3.07. The van der Waals surface area contributed by atoms with Crippen LogP contribution in [0.25, 0.3) is 0 Å². The van der Waals surface area contributed by atoms with E-state index < -0.39 is 16.1 Å². The minimum Gasteiger partial charge on any atom is -0.386 e. The van der Waals surface area contributed by atoms with Crippen molar-refractivity contribution < 1.29 is 8.42 Å². The van der Waals surface area contributed by atoms with E-state index in [1.165, 1.54) is 26.5 Å². The molecule has 4 N–H and O–H groups in total. The van der Waals surface area contributed by atoms with Gasteiger partial charge in [0.25, 0.3) is 10.0 Å². The van der Waals surface area contributed by atoms with Crippen molar-refractivity contribution in [1.82, 2.24) is 14.3 Å². The molecule has 0 aliphatic rings. The molecule has 1 unspecified atom stereocenters. The van der Waals surface area contributed by atoms with Crippen molar-refractivity contribution >= 4 is 15.9 Å². The Morgan fingerprint density at radius 2 is 2.33 bits per heavy atom. The van der Waals surface area contributed by atoms with Crippen molar-refractivity contribution in [2.45, 2.75) is 18.0 Å². The normalized spacial score (nSPS) is 14.1. The number of aromatic nitrogens is 2. The molecule has 1 rings (SSSR count).